The number of allylic oxidation sites excluding steroid dienone is 5. The Kier molecular flexibility index (Phi) is 3.08. The van der Waals surface area contributed by atoms with Crippen LogP contribution in [0.4, 0.5) is 0 Å². The van der Waals surface area contributed by atoms with Gasteiger partial charge in [-0.3, -0.25) is 4.57 Å². The summed E-state index contributed by atoms with van der Waals surface area (Å²) in [5.41, 5.74) is 1.95. The van der Waals surface area contributed by atoms with Crippen LogP contribution < -0.4 is 5.30 Å². The number of hydrogen-bond acceptors (Lipinski definition) is 2. The number of hydrogen-bond donors (Lipinski definition) is 0. The minimum absolute atomic E-state index is 0.702. The first-order valence-electron chi connectivity index (χ1n) is 5.43. The van der Waals surface area contributed by atoms with Crippen molar-refractivity contribution in [2.45, 2.75) is 6.92 Å². The molecule has 1 aliphatic heterocycles. The standard InChI is InChI=1S/C14H15O2P/c1-4-5-8-12-11(2)16-17(3,15)14-10-7-6-9-13(12)14/h4-10H,1H2,2-3H3/b8-5-. The minimum atomic E-state index is -2.72. The van der Waals surface area contributed by atoms with E-state index in [1.807, 2.05) is 43.3 Å². The van der Waals surface area contributed by atoms with Crippen molar-refractivity contribution >= 4 is 18.2 Å². The van der Waals surface area contributed by atoms with Crippen LogP contribution in [0.1, 0.15) is 12.5 Å². The van der Waals surface area contributed by atoms with Crippen LogP contribution in [0.2, 0.25) is 0 Å². The Bertz CT molecular complexity index is 567. The summed E-state index contributed by atoms with van der Waals surface area (Å²) in [4.78, 5) is 0. The van der Waals surface area contributed by atoms with E-state index >= 15 is 0 Å². The highest BCUT2D eigenvalue weighted by atomic mass is 31.2. The molecule has 1 atom stereocenters. The van der Waals surface area contributed by atoms with Crippen LogP contribution >= 0.6 is 7.37 Å². The summed E-state index contributed by atoms with van der Waals surface area (Å²) in [7, 11) is -2.72. The Labute approximate surface area is 102 Å². The second kappa shape index (κ2) is 4.38. The summed E-state index contributed by atoms with van der Waals surface area (Å²) in [5.74, 6) is 0.702. The van der Waals surface area contributed by atoms with E-state index < -0.39 is 7.37 Å². The van der Waals surface area contributed by atoms with E-state index in [0.717, 1.165) is 16.4 Å². The zero-order valence-electron chi connectivity index (χ0n) is 10.0. The predicted molar refractivity (Wildman–Crippen MR) is 72.6 cm³/mol. The molecule has 3 heteroatoms. The normalized spacial score (nSPS) is 23.4. The van der Waals surface area contributed by atoms with E-state index in [9.17, 15) is 4.57 Å². The van der Waals surface area contributed by atoms with Gasteiger partial charge in [0.2, 0.25) is 0 Å². The first-order chi connectivity index (χ1) is 8.06. The number of rotatable bonds is 2. The number of benzene rings is 1. The van der Waals surface area contributed by atoms with Gasteiger partial charge in [0.25, 0.3) is 7.37 Å². The SMILES string of the molecule is C=C/C=C\C1=C(C)OP(C)(=O)c2ccccc21. The number of fused-ring (bicyclic) bond motifs is 1. The molecule has 1 heterocycles. The van der Waals surface area contributed by atoms with E-state index in [0.29, 0.717) is 5.76 Å². The van der Waals surface area contributed by atoms with Gasteiger partial charge in [0.1, 0.15) is 5.76 Å². The van der Waals surface area contributed by atoms with Gasteiger partial charge in [0, 0.05) is 12.2 Å². The molecule has 0 radical (unpaired) electrons. The third kappa shape index (κ3) is 2.13. The molecule has 17 heavy (non-hydrogen) atoms. The molecule has 1 aromatic rings. The first kappa shape index (κ1) is 11.9. The van der Waals surface area contributed by atoms with Crippen LogP contribution in [0, 0.1) is 0 Å². The molecule has 0 spiro atoms. The van der Waals surface area contributed by atoms with Crippen LogP contribution in [-0.4, -0.2) is 6.66 Å². The lowest BCUT2D eigenvalue weighted by molar-refractivity contribution is 0.419. The largest absolute Gasteiger partial charge is 0.444 e. The quantitative estimate of drug-likeness (QED) is 0.587. The Morgan fingerprint density at radius 3 is 2.76 bits per heavy atom. The predicted octanol–water partition coefficient (Wildman–Crippen LogP) is 3.72. The van der Waals surface area contributed by atoms with Crippen molar-refractivity contribution in [1.29, 1.82) is 0 Å². The van der Waals surface area contributed by atoms with E-state index in [2.05, 4.69) is 6.58 Å². The molecule has 0 amide bonds. The molecule has 0 N–H and O–H groups in total. The molecule has 0 saturated carbocycles. The third-order valence-electron chi connectivity index (χ3n) is 2.72. The molecule has 2 nitrogen and oxygen atoms in total. The molecular weight excluding hydrogens is 231 g/mol. The van der Waals surface area contributed by atoms with E-state index in [-0.39, 0.29) is 0 Å². The summed E-state index contributed by atoms with van der Waals surface area (Å²) in [5, 5.41) is 0.786. The van der Waals surface area contributed by atoms with Crippen molar-refractivity contribution in [3.63, 3.8) is 0 Å². The summed E-state index contributed by atoms with van der Waals surface area (Å²) in [6.45, 7) is 7.15. The highest BCUT2D eigenvalue weighted by Gasteiger charge is 2.30. The summed E-state index contributed by atoms with van der Waals surface area (Å²) < 4.78 is 17.9. The zero-order valence-corrected chi connectivity index (χ0v) is 10.9. The van der Waals surface area contributed by atoms with Crippen LogP contribution in [-0.2, 0) is 9.09 Å². The molecular formula is C14H15O2P. The summed E-state index contributed by atoms with van der Waals surface area (Å²) in [6, 6.07) is 7.66. The van der Waals surface area contributed by atoms with Crippen LogP contribution in [0.3, 0.4) is 0 Å². The van der Waals surface area contributed by atoms with Gasteiger partial charge >= 0.3 is 0 Å². The molecule has 0 aromatic heterocycles. The molecule has 88 valence electrons. The molecule has 2 rings (SSSR count). The van der Waals surface area contributed by atoms with Crippen LogP contribution in [0.25, 0.3) is 5.57 Å². The molecule has 1 unspecified atom stereocenters. The molecule has 1 aliphatic rings. The second-order valence-corrected chi connectivity index (χ2v) is 6.38. The lowest BCUT2D eigenvalue weighted by Crippen LogP contribution is -2.16. The van der Waals surface area contributed by atoms with Crippen molar-refractivity contribution in [3.05, 3.63) is 60.4 Å². The van der Waals surface area contributed by atoms with Crippen LogP contribution in [0.5, 0.6) is 0 Å². The Morgan fingerprint density at radius 1 is 1.35 bits per heavy atom. The van der Waals surface area contributed by atoms with Crippen molar-refractivity contribution in [2.75, 3.05) is 6.66 Å². The maximum Gasteiger partial charge on any atom is 0.274 e. The van der Waals surface area contributed by atoms with Gasteiger partial charge in [0.05, 0.1) is 5.30 Å². The minimum Gasteiger partial charge on any atom is -0.444 e. The first-order valence-corrected chi connectivity index (χ1v) is 7.50. The average molecular weight is 246 g/mol. The van der Waals surface area contributed by atoms with Gasteiger partial charge in [-0.1, -0.05) is 43.0 Å². The van der Waals surface area contributed by atoms with Gasteiger partial charge in [-0.15, -0.1) is 0 Å². The van der Waals surface area contributed by atoms with Gasteiger partial charge in [-0.25, -0.2) is 0 Å². The maximum absolute atomic E-state index is 12.4. The fraction of sp³-hybridized carbons (Fsp3) is 0.143. The average Bonchev–Trinajstić information content (AvgIpc) is 2.28. The Hall–Kier alpha value is -1.53. The Balaban J connectivity index is 2.66. The molecule has 0 bridgehead atoms. The van der Waals surface area contributed by atoms with Gasteiger partial charge < -0.3 is 4.52 Å². The third-order valence-corrected chi connectivity index (χ3v) is 4.61. The maximum atomic E-state index is 12.4. The fourth-order valence-corrected chi connectivity index (χ4v) is 3.69. The molecule has 0 saturated heterocycles. The van der Waals surface area contributed by atoms with Crippen molar-refractivity contribution in [2.24, 2.45) is 0 Å². The Morgan fingerprint density at radius 2 is 2.06 bits per heavy atom. The van der Waals surface area contributed by atoms with Gasteiger partial charge in [-0.2, -0.15) is 0 Å². The topological polar surface area (TPSA) is 26.3 Å². The van der Waals surface area contributed by atoms with Crippen molar-refractivity contribution in [3.8, 4) is 0 Å². The zero-order chi connectivity index (χ0) is 12.5. The van der Waals surface area contributed by atoms with E-state index in [4.69, 9.17) is 4.52 Å². The summed E-state index contributed by atoms with van der Waals surface area (Å²) >= 11 is 0. The van der Waals surface area contributed by atoms with Gasteiger partial charge in [-0.05, 0) is 18.6 Å². The van der Waals surface area contributed by atoms with E-state index in [1.54, 1.807) is 12.7 Å². The summed E-state index contributed by atoms with van der Waals surface area (Å²) in [6.07, 6.45) is 5.49. The molecule has 0 aliphatic carbocycles. The molecule has 1 aromatic carbocycles. The monoisotopic (exact) mass is 246 g/mol. The fourth-order valence-electron chi connectivity index (χ4n) is 1.98. The smallest absolute Gasteiger partial charge is 0.274 e. The lowest BCUT2D eigenvalue weighted by atomic mass is 10.0. The highest BCUT2D eigenvalue weighted by molar-refractivity contribution is 7.66. The molecule has 0 fully saturated rings. The van der Waals surface area contributed by atoms with Crippen LogP contribution in [0.15, 0.2) is 54.8 Å². The van der Waals surface area contributed by atoms with Crippen molar-refractivity contribution in [1.82, 2.24) is 0 Å². The van der Waals surface area contributed by atoms with Gasteiger partial charge in [0.15, 0.2) is 0 Å². The lowest BCUT2D eigenvalue weighted by Gasteiger charge is -2.26. The van der Waals surface area contributed by atoms with Crippen molar-refractivity contribution < 1.29 is 9.09 Å². The second-order valence-electron chi connectivity index (χ2n) is 4.02. The van der Waals surface area contributed by atoms with E-state index in [1.165, 1.54) is 0 Å². The highest BCUT2D eigenvalue weighted by Crippen LogP contribution is 2.50.